The summed E-state index contributed by atoms with van der Waals surface area (Å²) in [6.45, 7) is 8.58. The number of aromatic amines is 2. The minimum atomic E-state index is -0.272. The van der Waals surface area contributed by atoms with E-state index in [2.05, 4.69) is 60.9 Å². The second-order valence-electron chi connectivity index (χ2n) is 8.48. The number of benzene rings is 1. The molecule has 3 heterocycles. The van der Waals surface area contributed by atoms with Gasteiger partial charge in [-0.05, 0) is 18.5 Å². The summed E-state index contributed by atoms with van der Waals surface area (Å²) in [6, 6.07) is 8.06. The number of quaternary nitrogens is 1. The molecule has 1 aliphatic rings. The number of primary amides is 1. The van der Waals surface area contributed by atoms with Gasteiger partial charge in [-0.25, -0.2) is 19.2 Å². The summed E-state index contributed by atoms with van der Waals surface area (Å²) < 4.78 is 0.225. The van der Waals surface area contributed by atoms with E-state index in [0.717, 1.165) is 63.0 Å². The lowest BCUT2D eigenvalue weighted by atomic mass is 10.1. The maximum atomic E-state index is 12.5. The molecule has 1 saturated heterocycles. The number of hydrogen-bond acceptors (Lipinski definition) is 5. The van der Waals surface area contributed by atoms with Crippen molar-refractivity contribution in [2.24, 2.45) is 5.73 Å². The lowest BCUT2D eigenvalue weighted by Gasteiger charge is -2.41. The van der Waals surface area contributed by atoms with Crippen LogP contribution in [0.15, 0.2) is 49.1 Å². The first-order chi connectivity index (χ1) is 15.6. The Balaban J connectivity index is 1.47. The van der Waals surface area contributed by atoms with E-state index >= 15 is 0 Å². The highest BCUT2D eigenvalue weighted by Crippen LogP contribution is 2.27. The maximum absolute atomic E-state index is 12.5. The Kier molecular flexibility index (Phi) is 6.99. The second-order valence-corrected chi connectivity index (χ2v) is 8.48. The van der Waals surface area contributed by atoms with Crippen molar-refractivity contribution in [1.29, 1.82) is 0 Å². The van der Waals surface area contributed by atoms with Crippen molar-refractivity contribution in [2.45, 2.75) is 33.0 Å². The Hall–Kier alpha value is -3.01. The average Bonchev–Trinajstić information content (AvgIpc) is 3.49. The van der Waals surface area contributed by atoms with Gasteiger partial charge in [0, 0.05) is 56.6 Å². The fraction of sp³-hybridized carbons (Fsp3) is 0.435. The highest BCUT2D eigenvalue weighted by atomic mass is 16.2. The molecule has 0 unspecified atom stereocenters. The van der Waals surface area contributed by atoms with Gasteiger partial charge in [-0.1, -0.05) is 19.1 Å². The number of piperazine rings is 1. The Morgan fingerprint density at radius 3 is 2.09 bits per heavy atom. The number of imidazole rings is 2. The van der Waals surface area contributed by atoms with Gasteiger partial charge in [0.1, 0.15) is 30.4 Å². The molecule has 1 aromatic carbocycles. The second kappa shape index (κ2) is 10.1. The third kappa shape index (κ3) is 5.07. The van der Waals surface area contributed by atoms with Crippen LogP contribution in [0.4, 0.5) is 10.5 Å². The minimum absolute atomic E-state index is 0.225. The first-order valence-electron chi connectivity index (χ1n) is 11.3. The van der Waals surface area contributed by atoms with Crippen LogP contribution in [0, 0.1) is 0 Å². The minimum Gasteiger partial charge on any atom is -0.348 e. The largest absolute Gasteiger partial charge is 0.419 e. The highest BCUT2D eigenvalue weighted by molar-refractivity contribution is 5.85. The van der Waals surface area contributed by atoms with Crippen LogP contribution >= 0.6 is 0 Å². The van der Waals surface area contributed by atoms with Crippen molar-refractivity contribution in [3.63, 3.8) is 0 Å². The van der Waals surface area contributed by atoms with Gasteiger partial charge in [-0.3, -0.25) is 9.80 Å². The van der Waals surface area contributed by atoms with Crippen molar-refractivity contribution in [2.75, 3.05) is 32.7 Å². The molecule has 0 saturated carbocycles. The molecule has 4 rings (SSSR count). The number of aromatic nitrogens is 4. The summed E-state index contributed by atoms with van der Waals surface area (Å²) >= 11 is 0. The summed E-state index contributed by atoms with van der Waals surface area (Å²) in [5.74, 6) is 1.83. The van der Waals surface area contributed by atoms with Crippen LogP contribution in [0.25, 0.3) is 0 Å². The smallest absolute Gasteiger partial charge is 0.348 e. The maximum Gasteiger partial charge on any atom is 0.419 e. The number of nitrogens with zero attached hydrogens (tertiary/aromatic N) is 5. The van der Waals surface area contributed by atoms with Crippen LogP contribution in [0.5, 0.6) is 0 Å². The molecule has 1 fully saturated rings. The number of rotatable bonds is 9. The van der Waals surface area contributed by atoms with E-state index in [1.165, 1.54) is 5.56 Å². The Morgan fingerprint density at radius 2 is 1.62 bits per heavy atom. The Bertz CT molecular complexity index is 924. The Morgan fingerprint density at radius 1 is 1.03 bits per heavy atom. The number of H-pyrrole nitrogens is 2. The third-order valence-corrected chi connectivity index (χ3v) is 6.25. The van der Waals surface area contributed by atoms with Crippen molar-refractivity contribution < 1.29 is 4.79 Å². The molecule has 1 aliphatic heterocycles. The van der Waals surface area contributed by atoms with E-state index in [9.17, 15) is 4.79 Å². The van der Waals surface area contributed by atoms with Gasteiger partial charge in [-0.2, -0.15) is 0 Å². The van der Waals surface area contributed by atoms with Crippen molar-refractivity contribution in [3.05, 3.63) is 66.3 Å². The van der Waals surface area contributed by atoms with Gasteiger partial charge in [0.05, 0.1) is 13.1 Å². The molecule has 0 spiro atoms. The molecule has 2 aromatic heterocycles. The van der Waals surface area contributed by atoms with E-state index in [1.807, 2.05) is 12.4 Å². The average molecular weight is 438 g/mol. The van der Waals surface area contributed by atoms with Gasteiger partial charge >= 0.3 is 6.03 Å². The first-order valence-corrected chi connectivity index (χ1v) is 11.3. The number of nitrogens with one attached hydrogen (secondary N) is 2. The van der Waals surface area contributed by atoms with Crippen LogP contribution in [-0.2, 0) is 19.6 Å². The van der Waals surface area contributed by atoms with Crippen LogP contribution in [0.2, 0.25) is 0 Å². The zero-order chi connectivity index (χ0) is 22.4. The predicted octanol–water partition coefficient (Wildman–Crippen LogP) is 2.45. The van der Waals surface area contributed by atoms with Gasteiger partial charge in [0.15, 0.2) is 0 Å². The van der Waals surface area contributed by atoms with Crippen molar-refractivity contribution in [1.82, 2.24) is 34.2 Å². The molecule has 9 nitrogen and oxygen atoms in total. The van der Waals surface area contributed by atoms with Gasteiger partial charge in [0.25, 0.3) is 0 Å². The number of carbonyl (C=O) groups is 1. The first kappa shape index (κ1) is 22.2. The predicted molar refractivity (Wildman–Crippen MR) is 124 cm³/mol. The molecule has 170 valence electrons. The molecule has 0 bridgehead atoms. The van der Waals surface area contributed by atoms with Crippen molar-refractivity contribution in [3.8, 4) is 0 Å². The molecule has 0 aliphatic carbocycles. The van der Waals surface area contributed by atoms with Crippen LogP contribution in [0.3, 0.4) is 0 Å². The summed E-state index contributed by atoms with van der Waals surface area (Å²) in [7, 11) is 0. The topological polar surface area (TPSA) is 107 Å². The number of nitrogens with two attached hydrogens (primary N) is 1. The summed E-state index contributed by atoms with van der Waals surface area (Å²) in [5.41, 5.74) is 8.05. The van der Waals surface area contributed by atoms with E-state index in [0.29, 0.717) is 13.1 Å². The Labute approximate surface area is 188 Å². The normalized spacial score (nSPS) is 16.4. The molecule has 0 atom stereocenters. The van der Waals surface area contributed by atoms with E-state index in [-0.39, 0.29) is 10.5 Å². The monoisotopic (exact) mass is 437 g/mol. The number of hydrogen-bond donors (Lipinski definition) is 3. The summed E-state index contributed by atoms with van der Waals surface area (Å²) in [6.07, 6.45) is 8.33. The zero-order valence-electron chi connectivity index (χ0n) is 18.7. The van der Waals surface area contributed by atoms with Gasteiger partial charge in [0.2, 0.25) is 0 Å². The van der Waals surface area contributed by atoms with Crippen molar-refractivity contribution >= 4 is 11.7 Å². The van der Waals surface area contributed by atoms with Crippen LogP contribution in [-0.4, -0.2) is 68.5 Å². The number of amides is 2. The fourth-order valence-corrected chi connectivity index (χ4v) is 4.50. The molecule has 4 N–H and O–H groups in total. The lowest BCUT2D eigenvalue weighted by molar-refractivity contribution is 0.146. The summed E-state index contributed by atoms with van der Waals surface area (Å²) in [4.78, 5) is 32.3. The zero-order valence-corrected chi connectivity index (χ0v) is 18.7. The third-order valence-electron chi connectivity index (χ3n) is 6.25. The SMILES string of the molecule is CCCN1CC[N+](C(N)=O)(c2ccc(CN(Cc3ncc[nH]3)Cc3ncc[nH]3)cc2)CC1. The number of urea groups is 1. The van der Waals surface area contributed by atoms with Gasteiger partial charge in [-0.15, -0.1) is 0 Å². The molecule has 9 heteroatoms. The molecule has 2 amide bonds. The van der Waals surface area contributed by atoms with Crippen LogP contribution in [0.1, 0.15) is 30.6 Å². The number of carbonyl (C=O) groups excluding carboxylic acids is 1. The summed E-state index contributed by atoms with van der Waals surface area (Å²) in [5, 5.41) is 0. The molecule has 3 aromatic rings. The highest BCUT2D eigenvalue weighted by Gasteiger charge is 2.40. The standard InChI is InChI=1S/C23H32N8O/c1-2-11-29-12-14-31(15-13-29,23(24)32)20-5-3-19(4-6-20)16-30(17-21-25-7-8-26-21)18-22-27-9-10-28-22/h3-10H,2,11-18H2,1H3,(H3-,24,25,26,27,28,32)/p+1. The van der Waals surface area contributed by atoms with E-state index in [1.54, 1.807) is 12.4 Å². The van der Waals surface area contributed by atoms with E-state index < -0.39 is 0 Å². The molecule has 0 radical (unpaired) electrons. The quantitative estimate of drug-likeness (QED) is 0.446. The molecule has 32 heavy (non-hydrogen) atoms. The van der Waals surface area contributed by atoms with Crippen LogP contribution < -0.4 is 10.2 Å². The molecular weight excluding hydrogens is 404 g/mol. The molecular formula is C23H33N8O+. The lowest BCUT2D eigenvalue weighted by Crippen LogP contribution is -2.65. The fourth-order valence-electron chi connectivity index (χ4n) is 4.50. The van der Waals surface area contributed by atoms with Gasteiger partial charge < -0.3 is 15.7 Å². The van der Waals surface area contributed by atoms with E-state index in [4.69, 9.17) is 5.73 Å².